The molecule has 0 aliphatic heterocycles. The van der Waals surface area contributed by atoms with Crippen LogP contribution in [-0.2, 0) is 0 Å². The van der Waals surface area contributed by atoms with Crippen LogP contribution in [0.25, 0.3) is 0 Å². The molecule has 2 N–H and O–H groups in total. The molecule has 0 atom stereocenters. The van der Waals surface area contributed by atoms with Crippen LogP contribution in [-0.4, -0.2) is 42.8 Å². The van der Waals surface area contributed by atoms with Gasteiger partial charge in [-0.15, -0.1) is 0 Å². The van der Waals surface area contributed by atoms with Gasteiger partial charge in [-0.3, -0.25) is 0 Å². The predicted octanol–water partition coefficient (Wildman–Crippen LogP) is 2.11. The first-order chi connectivity index (χ1) is 8.74. The summed E-state index contributed by atoms with van der Waals surface area (Å²) in [5, 5.41) is 12.0. The Hall–Kier alpha value is -1.20. The molecule has 0 saturated carbocycles. The minimum Gasteiger partial charge on any atom is -0.492 e. The Morgan fingerprint density at radius 3 is 2.67 bits per heavy atom. The van der Waals surface area contributed by atoms with E-state index in [4.69, 9.17) is 9.84 Å². The zero-order valence-electron chi connectivity index (χ0n) is 10.5. The molecule has 0 heterocycles. The second kappa shape index (κ2) is 8.83. The first-order valence-electron chi connectivity index (χ1n) is 5.90. The lowest BCUT2D eigenvalue weighted by molar-refractivity contribution is 0.0697. The zero-order chi connectivity index (χ0) is 13.2. The van der Waals surface area contributed by atoms with Gasteiger partial charge in [0.1, 0.15) is 12.4 Å². The molecular formula is C13H19NO3S. The van der Waals surface area contributed by atoms with E-state index in [0.29, 0.717) is 12.4 Å². The molecule has 0 fully saturated rings. The lowest BCUT2D eigenvalue weighted by atomic mass is 10.2. The Bertz CT molecular complexity index is 354. The molecule has 5 heteroatoms. The molecule has 1 rings (SSSR count). The number of carbonyl (C=O) groups is 1. The number of aromatic carboxylic acids is 1. The molecule has 0 aromatic heterocycles. The van der Waals surface area contributed by atoms with Gasteiger partial charge in [-0.1, -0.05) is 0 Å². The summed E-state index contributed by atoms with van der Waals surface area (Å²) in [4.78, 5) is 10.6. The number of nitrogens with one attached hydrogen (secondary N) is 1. The Labute approximate surface area is 112 Å². The van der Waals surface area contributed by atoms with Crippen molar-refractivity contribution in [3.05, 3.63) is 29.8 Å². The van der Waals surface area contributed by atoms with Crippen LogP contribution >= 0.6 is 11.8 Å². The van der Waals surface area contributed by atoms with Gasteiger partial charge in [0.15, 0.2) is 0 Å². The average molecular weight is 269 g/mol. The van der Waals surface area contributed by atoms with E-state index < -0.39 is 5.97 Å². The fraction of sp³-hybridized carbons (Fsp3) is 0.462. The Balaban J connectivity index is 2.14. The number of thioether (sulfide) groups is 1. The van der Waals surface area contributed by atoms with E-state index in [0.717, 1.165) is 19.5 Å². The first-order valence-corrected chi connectivity index (χ1v) is 7.29. The third-order valence-electron chi connectivity index (χ3n) is 2.35. The molecule has 0 unspecified atom stereocenters. The second-order valence-electron chi connectivity index (χ2n) is 3.77. The molecule has 0 radical (unpaired) electrons. The van der Waals surface area contributed by atoms with Gasteiger partial charge in [-0.2, -0.15) is 11.8 Å². The standard InChI is InChI=1S/C13H19NO3S/c1-18-10-2-7-14-8-9-17-12-5-3-11(4-6-12)13(15)16/h3-6,14H,2,7-10H2,1H3,(H,15,16). The Morgan fingerprint density at radius 1 is 1.33 bits per heavy atom. The molecule has 1 aromatic carbocycles. The molecule has 0 aliphatic carbocycles. The molecule has 0 bridgehead atoms. The van der Waals surface area contributed by atoms with Crippen molar-refractivity contribution in [1.29, 1.82) is 0 Å². The van der Waals surface area contributed by atoms with E-state index in [1.54, 1.807) is 24.3 Å². The van der Waals surface area contributed by atoms with Gasteiger partial charge < -0.3 is 15.2 Å². The highest BCUT2D eigenvalue weighted by Gasteiger charge is 2.01. The van der Waals surface area contributed by atoms with E-state index in [1.165, 1.54) is 5.75 Å². The first kappa shape index (κ1) is 14.9. The Morgan fingerprint density at radius 2 is 2.06 bits per heavy atom. The number of hydrogen-bond acceptors (Lipinski definition) is 4. The summed E-state index contributed by atoms with van der Waals surface area (Å²) in [5.41, 5.74) is 0.276. The zero-order valence-corrected chi connectivity index (χ0v) is 11.3. The SMILES string of the molecule is CSCCCNCCOc1ccc(C(=O)O)cc1. The molecule has 100 valence electrons. The smallest absolute Gasteiger partial charge is 0.335 e. The van der Waals surface area contributed by atoms with Crippen LogP contribution < -0.4 is 10.1 Å². The van der Waals surface area contributed by atoms with Crippen LogP contribution in [0.15, 0.2) is 24.3 Å². The fourth-order valence-corrected chi connectivity index (χ4v) is 1.83. The second-order valence-corrected chi connectivity index (χ2v) is 4.76. The summed E-state index contributed by atoms with van der Waals surface area (Å²) in [5.74, 6) is 0.952. The lowest BCUT2D eigenvalue weighted by Gasteiger charge is -2.07. The largest absolute Gasteiger partial charge is 0.492 e. The normalized spacial score (nSPS) is 10.3. The molecular weight excluding hydrogens is 250 g/mol. The average Bonchev–Trinajstić information content (AvgIpc) is 2.38. The minimum atomic E-state index is -0.919. The summed E-state index contributed by atoms with van der Waals surface area (Å²) < 4.78 is 5.49. The molecule has 18 heavy (non-hydrogen) atoms. The molecule has 0 aliphatic rings. The third kappa shape index (κ3) is 5.93. The maximum atomic E-state index is 10.6. The van der Waals surface area contributed by atoms with Crippen molar-refractivity contribution < 1.29 is 14.6 Å². The van der Waals surface area contributed by atoms with E-state index in [2.05, 4.69) is 11.6 Å². The van der Waals surface area contributed by atoms with Gasteiger partial charge in [0.25, 0.3) is 0 Å². The molecule has 1 aromatic rings. The lowest BCUT2D eigenvalue weighted by Crippen LogP contribution is -2.22. The van der Waals surface area contributed by atoms with Crippen molar-refractivity contribution in [2.24, 2.45) is 0 Å². The fourth-order valence-electron chi connectivity index (χ4n) is 1.40. The van der Waals surface area contributed by atoms with E-state index in [9.17, 15) is 4.79 Å². The number of ether oxygens (including phenoxy) is 1. The van der Waals surface area contributed by atoms with Gasteiger partial charge in [0.2, 0.25) is 0 Å². The van der Waals surface area contributed by atoms with Gasteiger partial charge >= 0.3 is 5.97 Å². The van der Waals surface area contributed by atoms with E-state index in [-0.39, 0.29) is 5.56 Å². The predicted molar refractivity (Wildman–Crippen MR) is 74.8 cm³/mol. The van der Waals surface area contributed by atoms with Crippen LogP contribution in [0, 0.1) is 0 Å². The van der Waals surface area contributed by atoms with E-state index in [1.807, 2.05) is 11.8 Å². The van der Waals surface area contributed by atoms with Crippen molar-refractivity contribution in [2.45, 2.75) is 6.42 Å². The number of carboxylic acid groups (broad SMARTS) is 1. The number of hydrogen-bond donors (Lipinski definition) is 2. The van der Waals surface area contributed by atoms with Crippen LogP contribution in [0.1, 0.15) is 16.8 Å². The summed E-state index contributed by atoms with van der Waals surface area (Å²) in [6.07, 6.45) is 3.26. The topological polar surface area (TPSA) is 58.6 Å². The highest BCUT2D eigenvalue weighted by Crippen LogP contribution is 2.11. The quantitative estimate of drug-likeness (QED) is 0.672. The molecule has 0 amide bonds. The maximum absolute atomic E-state index is 10.6. The third-order valence-corrected chi connectivity index (χ3v) is 3.05. The van der Waals surface area contributed by atoms with Gasteiger partial charge in [-0.25, -0.2) is 4.79 Å². The highest BCUT2D eigenvalue weighted by atomic mass is 32.2. The monoisotopic (exact) mass is 269 g/mol. The number of carboxylic acids is 1. The van der Waals surface area contributed by atoms with Gasteiger partial charge in [0.05, 0.1) is 5.56 Å². The van der Waals surface area contributed by atoms with Crippen molar-refractivity contribution in [3.8, 4) is 5.75 Å². The number of benzene rings is 1. The van der Waals surface area contributed by atoms with Crippen LogP contribution in [0.5, 0.6) is 5.75 Å². The van der Waals surface area contributed by atoms with Crippen molar-refractivity contribution in [2.75, 3.05) is 31.7 Å². The van der Waals surface area contributed by atoms with Crippen LogP contribution in [0.3, 0.4) is 0 Å². The summed E-state index contributed by atoms with van der Waals surface area (Å²) in [7, 11) is 0. The minimum absolute atomic E-state index is 0.276. The maximum Gasteiger partial charge on any atom is 0.335 e. The highest BCUT2D eigenvalue weighted by molar-refractivity contribution is 7.98. The number of rotatable bonds is 9. The molecule has 4 nitrogen and oxygen atoms in total. The molecule has 0 saturated heterocycles. The van der Waals surface area contributed by atoms with E-state index >= 15 is 0 Å². The van der Waals surface area contributed by atoms with Crippen molar-refractivity contribution >= 4 is 17.7 Å². The summed E-state index contributed by atoms with van der Waals surface area (Å²) in [6.45, 7) is 2.39. The van der Waals surface area contributed by atoms with Gasteiger partial charge in [0, 0.05) is 6.54 Å². The van der Waals surface area contributed by atoms with Gasteiger partial charge in [-0.05, 0) is 49.2 Å². The summed E-state index contributed by atoms with van der Waals surface area (Å²) >= 11 is 1.85. The molecule has 0 spiro atoms. The van der Waals surface area contributed by atoms with Crippen LogP contribution in [0.2, 0.25) is 0 Å². The Kier molecular flexibility index (Phi) is 7.29. The van der Waals surface area contributed by atoms with Crippen molar-refractivity contribution in [1.82, 2.24) is 5.32 Å². The summed E-state index contributed by atoms with van der Waals surface area (Å²) in [6, 6.07) is 6.45. The van der Waals surface area contributed by atoms with Crippen LogP contribution in [0.4, 0.5) is 0 Å². The van der Waals surface area contributed by atoms with Crippen molar-refractivity contribution in [3.63, 3.8) is 0 Å².